The first-order valence-corrected chi connectivity index (χ1v) is 12.5. The van der Waals surface area contributed by atoms with Gasteiger partial charge in [0.2, 0.25) is 5.91 Å². The smallest absolute Gasteiger partial charge is 0.258 e. The molecule has 0 unspecified atom stereocenters. The minimum atomic E-state index is -0.396. The predicted octanol–water partition coefficient (Wildman–Crippen LogP) is 2.12. The molecule has 1 aromatic heterocycles. The van der Waals surface area contributed by atoms with Crippen molar-refractivity contribution in [2.24, 2.45) is 11.8 Å². The summed E-state index contributed by atoms with van der Waals surface area (Å²) in [5, 5.41) is 13.3. The van der Waals surface area contributed by atoms with Crippen LogP contribution in [0, 0.1) is 11.8 Å². The minimum absolute atomic E-state index is 0.00744. The quantitative estimate of drug-likeness (QED) is 0.604. The normalized spacial score (nSPS) is 23.1. The molecule has 1 aromatic carbocycles. The standard InChI is InChI=1S/C27H36N4O4/c1-5-13-28-25(33)24-21(16-32)20-15-31-22(23(20)30(24)14-6-2)12-11-19(27(31)35)17-7-9-18(10-8-17)26(34)29(3)4/h7-12,20-21,23-24,32H,5-6,13-16H2,1-4H3,(H,28,33)/t20-,21-,23+,24-/m1/s1. The molecule has 2 aliphatic rings. The summed E-state index contributed by atoms with van der Waals surface area (Å²) in [6.45, 7) is 5.82. The topological polar surface area (TPSA) is 94.9 Å². The number of carbonyl (C=O) groups is 2. The van der Waals surface area contributed by atoms with Gasteiger partial charge in [-0.15, -0.1) is 0 Å². The average Bonchev–Trinajstić information content (AvgIpc) is 3.38. The zero-order valence-corrected chi connectivity index (χ0v) is 21.0. The number of pyridine rings is 1. The van der Waals surface area contributed by atoms with Crippen molar-refractivity contribution in [2.75, 3.05) is 33.8 Å². The van der Waals surface area contributed by atoms with E-state index in [0.717, 1.165) is 30.6 Å². The molecule has 4 atom stereocenters. The van der Waals surface area contributed by atoms with Gasteiger partial charge in [-0.1, -0.05) is 26.0 Å². The van der Waals surface area contributed by atoms with E-state index in [9.17, 15) is 19.5 Å². The fourth-order valence-electron chi connectivity index (χ4n) is 5.75. The van der Waals surface area contributed by atoms with E-state index in [2.05, 4.69) is 17.1 Å². The Balaban J connectivity index is 1.68. The lowest BCUT2D eigenvalue weighted by molar-refractivity contribution is -0.127. The molecule has 2 aliphatic heterocycles. The number of amides is 2. The van der Waals surface area contributed by atoms with Crippen molar-refractivity contribution in [3.63, 3.8) is 0 Å². The fraction of sp³-hybridized carbons (Fsp3) is 0.519. The molecule has 2 N–H and O–H groups in total. The van der Waals surface area contributed by atoms with Gasteiger partial charge in [-0.25, -0.2) is 0 Å². The monoisotopic (exact) mass is 480 g/mol. The number of nitrogens with zero attached hydrogens (tertiary/aromatic N) is 3. The summed E-state index contributed by atoms with van der Waals surface area (Å²) in [5.74, 6) is -0.361. The SMILES string of the molecule is CCCNC(=O)[C@H]1[C@H](CO)[C@H]2Cn3c(ccc(-c4ccc(C(=O)N(C)C)cc4)c3=O)[C@H]2N1CCC. The number of likely N-dealkylation sites (tertiary alicyclic amines) is 1. The Morgan fingerprint density at radius 1 is 1.09 bits per heavy atom. The molecule has 2 amide bonds. The lowest BCUT2D eigenvalue weighted by Gasteiger charge is -2.30. The number of fused-ring (bicyclic) bond motifs is 3. The van der Waals surface area contributed by atoms with Crippen LogP contribution >= 0.6 is 0 Å². The first kappa shape index (κ1) is 25.1. The van der Waals surface area contributed by atoms with Gasteiger partial charge in [0.05, 0.1) is 12.1 Å². The number of aliphatic hydroxyl groups is 1. The summed E-state index contributed by atoms with van der Waals surface area (Å²) in [4.78, 5) is 42.5. The van der Waals surface area contributed by atoms with Crippen LogP contribution in [0.15, 0.2) is 41.2 Å². The predicted molar refractivity (Wildman–Crippen MR) is 135 cm³/mol. The third-order valence-electron chi connectivity index (χ3n) is 7.34. The van der Waals surface area contributed by atoms with Gasteiger partial charge in [-0.2, -0.15) is 0 Å². The van der Waals surface area contributed by atoms with Crippen LogP contribution in [0.1, 0.15) is 48.8 Å². The lowest BCUT2D eigenvalue weighted by atomic mass is 9.88. The van der Waals surface area contributed by atoms with Gasteiger partial charge >= 0.3 is 0 Å². The molecule has 3 heterocycles. The second-order valence-corrected chi connectivity index (χ2v) is 9.79. The molecular formula is C27H36N4O4. The zero-order valence-electron chi connectivity index (χ0n) is 21.0. The van der Waals surface area contributed by atoms with E-state index in [1.54, 1.807) is 26.2 Å². The molecule has 35 heavy (non-hydrogen) atoms. The highest BCUT2D eigenvalue weighted by molar-refractivity contribution is 5.94. The van der Waals surface area contributed by atoms with E-state index >= 15 is 0 Å². The van der Waals surface area contributed by atoms with E-state index in [0.29, 0.717) is 24.2 Å². The molecule has 1 saturated heterocycles. The molecule has 0 aliphatic carbocycles. The van der Waals surface area contributed by atoms with Crippen LogP contribution in [0.5, 0.6) is 0 Å². The first-order valence-electron chi connectivity index (χ1n) is 12.5. The highest BCUT2D eigenvalue weighted by Crippen LogP contribution is 2.49. The van der Waals surface area contributed by atoms with Crippen LogP contribution in [0.3, 0.4) is 0 Å². The van der Waals surface area contributed by atoms with Gasteiger partial charge in [0, 0.05) is 62.4 Å². The van der Waals surface area contributed by atoms with Crippen LogP contribution in [0.2, 0.25) is 0 Å². The number of aromatic nitrogens is 1. The Labute approximate surface area is 206 Å². The third-order valence-corrected chi connectivity index (χ3v) is 7.34. The summed E-state index contributed by atoms with van der Waals surface area (Å²) >= 11 is 0. The number of carbonyl (C=O) groups excluding carboxylic acids is 2. The summed E-state index contributed by atoms with van der Waals surface area (Å²) in [6.07, 6.45) is 1.73. The summed E-state index contributed by atoms with van der Waals surface area (Å²) in [6, 6.07) is 10.5. The van der Waals surface area contributed by atoms with Gasteiger partial charge in [0.1, 0.15) is 0 Å². The van der Waals surface area contributed by atoms with E-state index < -0.39 is 6.04 Å². The molecule has 188 valence electrons. The second kappa shape index (κ2) is 10.3. The van der Waals surface area contributed by atoms with E-state index in [4.69, 9.17) is 0 Å². The van der Waals surface area contributed by atoms with Crippen molar-refractivity contribution in [1.29, 1.82) is 0 Å². The molecule has 0 saturated carbocycles. The van der Waals surface area contributed by atoms with E-state index in [-0.39, 0.29) is 41.9 Å². The largest absolute Gasteiger partial charge is 0.396 e. The van der Waals surface area contributed by atoms with Crippen LogP contribution in [0.25, 0.3) is 11.1 Å². The number of hydrogen-bond acceptors (Lipinski definition) is 5. The average molecular weight is 481 g/mol. The minimum Gasteiger partial charge on any atom is -0.396 e. The maximum Gasteiger partial charge on any atom is 0.258 e. The van der Waals surface area contributed by atoms with Crippen molar-refractivity contribution >= 4 is 11.8 Å². The van der Waals surface area contributed by atoms with E-state index in [1.807, 2.05) is 35.8 Å². The Morgan fingerprint density at radius 3 is 2.40 bits per heavy atom. The summed E-state index contributed by atoms with van der Waals surface area (Å²) in [5.41, 5.74) is 2.74. The van der Waals surface area contributed by atoms with Crippen molar-refractivity contribution in [3.05, 3.63) is 58.0 Å². The second-order valence-electron chi connectivity index (χ2n) is 9.79. The van der Waals surface area contributed by atoms with Gasteiger partial charge in [0.25, 0.3) is 11.5 Å². The first-order chi connectivity index (χ1) is 16.8. The molecule has 1 fully saturated rings. The van der Waals surface area contributed by atoms with Crippen molar-refractivity contribution in [3.8, 4) is 11.1 Å². The summed E-state index contributed by atoms with van der Waals surface area (Å²) in [7, 11) is 3.42. The van der Waals surface area contributed by atoms with Crippen LogP contribution in [-0.2, 0) is 11.3 Å². The molecule has 0 bridgehead atoms. The Bertz CT molecular complexity index is 1140. The van der Waals surface area contributed by atoms with Gasteiger partial charge in [-0.05, 0) is 49.2 Å². The van der Waals surface area contributed by atoms with Crippen molar-refractivity contribution in [2.45, 2.75) is 45.3 Å². The Kier molecular flexibility index (Phi) is 7.42. The highest BCUT2D eigenvalue weighted by Gasteiger charge is 2.55. The molecule has 2 aromatic rings. The van der Waals surface area contributed by atoms with Gasteiger partial charge < -0.3 is 19.9 Å². The number of aliphatic hydroxyl groups excluding tert-OH is 1. The lowest BCUT2D eigenvalue weighted by Crippen LogP contribution is -2.48. The van der Waals surface area contributed by atoms with Crippen molar-refractivity contribution < 1.29 is 14.7 Å². The molecule has 8 nitrogen and oxygen atoms in total. The molecular weight excluding hydrogens is 444 g/mol. The van der Waals surface area contributed by atoms with Crippen LogP contribution < -0.4 is 10.9 Å². The van der Waals surface area contributed by atoms with Crippen molar-refractivity contribution in [1.82, 2.24) is 19.7 Å². The maximum atomic E-state index is 13.6. The van der Waals surface area contributed by atoms with Gasteiger partial charge in [0.15, 0.2) is 0 Å². The van der Waals surface area contributed by atoms with Gasteiger partial charge in [-0.3, -0.25) is 19.3 Å². The highest BCUT2D eigenvalue weighted by atomic mass is 16.3. The zero-order chi connectivity index (χ0) is 25.3. The molecule has 8 heteroatoms. The number of rotatable bonds is 8. The number of nitrogens with one attached hydrogen (secondary N) is 1. The van der Waals surface area contributed by atoms with Crippen LogP contribution in [-0.4, -0.2) is 71.1 Å². The number of benzene rings is 1. The van der Waals surface area contributed by atoms with Crippen LogP contribution in [0.4, 0.5) is 0 Å². The Morgan fingerprint density at radius 2 is 1.80 bits per heavy atom. The fourth-order valence-corrected chi connectivity index (χ4v) is 5.75. The maximum absolute atomic E-state index is 13.6. The van der Waals surface area contributed by atoms with E-state index in [1.165, 1.54) is 4.90 Å². The third kappa shape index (κ3) is 4.41. The molecule has 4 rings (SSSR count). The molecule has 0 radical (unpaired) electrons. The Hall–Kier alpha value is -2.97. The number of hydrogen-bond donors (Lipinski definition) is 2. The summed E-state index contributed by atoms with van der Waals surface area (Å²) < 4.78 is 1.81. The molecule has 0 spiro atoms.